The number of fused-ring (bicyclic) bond motifs is 1. The SMILES string of the molecule is COc1ccc2c(c1)C(=CC(=O)c1ccc(NC(=O)c3c(Cl)cccc3Cl)cc1)NC(C)(C)C2. The Morgan fingerprint density at radius 2 is 1.71 bits per heavy atom. The molecule has 1 aliphatic heterocycles. The van der Waals surface area contributed by atoms with Gasteiger partial charge < -0.3 is 15.4 Å². The van der Waals surface area contributed by atoms with Gasteiger partial charge in [0.15, 0.2) is 5.78 Å². The molecular weight excluding hydrogens is 471 g/mol. The lowest BCUT2D eigenvalue weighted by Crippen LogP contribution is -2.43. The molecule has 0 atom stereocenters. The van der Waals surface area contributed by atoms with Gasteiger partial charge in [0, 0.05) is 34.1 Å². The summed E-state index contributed by atoms with van der Waals surface area (Å²) in [4.78, 5) is 25.7. The molecule has 1 aliphatic rings. The number of benzene rings is 3. The van der Waals surface area contributed by atoms with Gasteiger partial charge in [-0.15, -0.1) is 0 Å². The van der Waals surface area contributed by atoms with Gasteiger partial charge in [-0.3, -0.25) is 9.59 Å². The van der Waals surface area contributed by atoms with Gasteiger partial charge in [0.2, 0.25) is 0 Å². The van der Waals surface area contributed by atoms with Crippen molar-refractivity contribution in [3.8, 4) is 5.75 Å². The van der Waals surface area contributed by atoms with Crippen LogP contribution in [-0.2, 0) is 6.42 Å². The second kappa shape index (κ2) is 9.53. The lowest BCUT2D eigenvalue weighted by molar-refractivity contribution is 0.102. The zero-order valence-corrected chi connectivity index (χ0v) is 20.6. The van der Waals surface area contributed by atoms with Crippen LogP contribution in [0.2, 0.25) is 10.0 Å². The minimum atomic E-state index is -0.420. The highest BCUT2D eigenvalue weighted by Crippen LogP contribution is 2.32. The van der Waals surface area contributed by atoms with Crippen LogP contribution in [0, 0.1) is 0 Å². The predicted octanol–water partition coefficient (Wildman–Crippen LogP) is 6.40. The second-order valence-corrected chi connectivity index (χ2v) is 9.57. The summed E-state index contributed by atoms with van der Waals surface area (Å²) >= 11 is 12.2. The number of halogens is 2. The molecule has 1 amide bonds. The lowest BCUT2D eigenvalue weighted by Gasteiger charge is -2.35. The number of allylic oxidation sites excluding steroid dienone is 1. The lowest BCUT2D eigenvalue weighted by atomic mass is 9.85. The molecule has 4 rings (SSSR count). The number of hydrogen-bond acceptors (Lipinski definition) is 4. The van der Waals surface area contributed by atoms with Crippen LogP contribution >= 0.6 is 23.2 Å². The van der Waals surface area contributed by atoms with E-state index < -0.39 is 5.91 Å². The minimum absolute atomic E-state index is 0.152. The van der Waals surface area contributed by atoms with Crippen molar-refractivity contribution in [2.45, 2.75) is 25.8 Å². The van der Waals surface area contributed by atoms with E-state index in [4.69, 9.17) is 27.9 Å². The van der Waals surface area contributed by atoms with E-state index in [2.05, 4.69) is 24.5 Å². The summed E-state index contributed by atoms with van der Waals surface area (Å²) in [6, 6.07) is 17.5. The first kappa shape index (κ1) is 23.9. The van der Waals surface area contributed by atoms with Crippen molar-refractivity contribution in [2.24, 2.45) is 0 Å². The van der Waals surface area contributed by atoms with Crippen LogP contribution in [-0.4, -0.2) is 24.3 Å². The van der Waals surface area contributed by atoms with Crippen LogP contribution < -0.4 is 15.4 Å². The van der Waals surface area contributed by atoms with Gasteiger partial charge >= 0.3 is 0 Å². The van der Waals surface area contributed by atoms with Crippen molar-refractivity contribution in [1.82, 2.24) is 5.32 Å². The highest BCUT2D eigenvalue weighted by atomic mass is 35.5. The van der Waals surface area contributed by atoms with E-state index in [1.54, 1.807) is 55.7 Å². The molecule has 0 aliphatic carbocycles. The molecule has 3 aromatic carbocycles. The molecule has 0 fully saturated rings. The van der Waals surface area contributed by atoms with Gasteiger partial charge in [0.25, 0.3) is 5.91 Å². The van der Waals surface area contributed by atoms with E-state index >= 15 is 0 Å². The fourth-order valence-corrected chi connectivity index (χ4v) is 4.56. The summed E-state index contributed by atoms with van der Waals surface area (Å²) in [5.74, 6) is 0.161. The van der Waals surface area contributed by atoms with E-state index in [0.29, 0.717) is 11.3 Å². The summed E-state index contributed by atoms with van der Waals surface area (Å²) in [6.07, 6.45) is 2.44. The Hall–Kier alpha value is -3.28. The van der Waals surface area contributed by atoms with E-state index in [1.807, 2.05) is 18.2 Å². The van der Waals surface area contributed by atoms with Crippen molar-refractivity contribution < 1.29 is 14.3 Å². The fraction of sp³-hybridized carbons (Fsp3) is 0.185. The molecule has 0 radical (unpaired) electrons. The normalized spacial score (nSPS) is 15.3. The molecule has 2 N–H and O–H groups in total. The first-order valence-corrected chi connectivity index (χ1v) is 11.5. The number of carbonyl (C=O) groups excluding carboxylic acids is 2. The van der Waals surface area contributed by atoms with Gasteiger partial charge in [0.05, 0.1) is 22.7 Å². The molecule has 174 valence electrons. The molecular formula is C27H24Cl2N2O3. The molecule has 1 heterocycles. The monoisotopic (exact) mass is 494 g/mol. The molecule has 7 heteroatoms. The zero-order chi connectivity index (χ0) is 24.5. The number of nitrogens with one attached hydrogen (secondary N) is 2. The van der Waals surface area contributed by atoms with Gasteiger partial charge in [-0.1, -0.05) is 35.3 Å². The third kappa shape index (κ3) is 5.11. The Morgan fingerprint density at radius 1 is 1.03 bits per heavy atom. The van der Waals surface area contributed by atoms with E-state index in [9.17, 15) is 9.59 Å². The Morgan fingerprint density at radius 3 is 2.35 bits per heavy atom. The molecule has 34 heavy (non-hydrogen) atoms. The minimum Gasteiger partial charge on any atom is -0.497 e. The van der Waals surface area contributed by atoms with Gasteiger partial charge in [-0.05, 0) is 74.4 Å². The summed E-state index contributed by atoms with van der Waals surface area (Å²) in [6.45, 7) is 4.20. The molecule has 3 aromatic rings. The zero-order valence-electron chi connectivity index (χ0n) is 19.0. The Balaban J connectivity index is 1.56. The van der Waals surface area contributed by atoms with Crippen molar-refractivity contribution in [2.75, 3.05) is 12.4 Å². The number of hydrogen-bond donors (Lipinski definition) is 2. The molecule has 0 saturated heterocycles. The molecule has 0 unspecified atom stereocenters. The van der Waals surface area contributed by atoms with Crippen LogP contribution in [0.15, 0.2) is 66.7 Å². The molecule has 0 spiro atoms. The largest absolute Gasteiger partial charge is 0.497 e. The van der Waals surface area contributed by atoms with E-state index in [0.717, 1.165) is 29.0 Å². The topological polar surface area (TPSA) is 67.4 Å². The Bertz CT molecular complexity index is 1280. The maximum Gasteiger partial charge on any atom is 0.258 e. The second-order valence-electron chi connectivity index (χ2n) is 8.76. The van der Waals surface area contributed by atoms with Crippen molar-refractivity contribution in [1.29, 1.82) is 0 Å². The van der Waals surface area contributed by atoms with Gasteiger partial charge in [-0.25, -0.2) is 0 Å². The average molecular weight is 495 g/mol. The number of carbonyl (C=O) groups is 2. The number of ketones is 1. The summed E-state index contributed by atoms with van der Waals surface area (Å²) in [5.41, 5.74) is 3.89. The third-order valence-corrected chi connectivity index (χ3v) is 6.24. The quantitative estimate of drug-likeness (QED) is 0.318. The molecule has 0 aromatic heterocycles. The highest BCUT2D eigenvalue weighted by molar-refractivity contribution is 6.40. The number of ether oxygens (including phenoxy) is 1. The van der Waals surface area contributed by atoms with Crippen molar-refractivity contribution >= 4 is 46.3 Å². The van der Waals surface area contributed by atoms with Crippen LogP contribution in [0.3, 0.4) is 0 Å². The maximum atomic E-state index is 13.1. The van der Waals surface area contributed by atoms with E-state index in [1.165, 1.54) is 0 Å². The maximum absolute atomic E-state index is 13.1. The number of amides is 1. The molecule has 5 nitrogen and oxygen atoms in total. The van der Waals surface area contributed by atoms with Crippen LogP contribution in [0.5, 0.6) is 5.75 Å². The Kier molecular flexibility index (Phi) is 6.69. The number of methoxy groups -OCH3 is 1. The Labute approximate surface area is 208 Å². The first-order valence-electron chi connectivity index (χ1n) is 10.7. The standard InChI is InChI=1S/C27H24Cl2N2O3/c1-27(2)15-17-9-12-19(34-3)13-20(17)23(31-27)14-24(32)16-7-10-18(11-8-16)30-26(33)25-21(28)5-4-6-22(25)29/h4-14,31H,15H2,1-3H3,(H,30,33). The summed E-state index contributed by atoms with van der Waals surface area (Å²) in [5, 5.41) is 6.77. The number of anilines is 1. The predicted molar refractivity (Wildman–Crippen MR) is 137 cm³/mol. The highest BCUT2D eigenvalue weighted by Gasteiger charge is 2.28. The van der Waals surface area contributed by atoms with Gasteiger partial charge in [-0.2, -0.15) is 0 Å². The van der Waals surface area contributed by atoms with E-state index in [-0.39, 0.29) is 26.9 Å². The third-order valence-electron chi connectivity index (χ3n) is 5.61. The summed E-state index contributed by atoms with van der Waals surface area (Å²) < 4.78 is 5.37. The summed E-state index contributed by atoms with van der Waals surface area (Å²) in [7, 11) is 1.62. The van der Waals surface area contributed by atoms with Crippen molar-refractivity contribution in [3.63, 3.8) is 0 Å². The van der Waals surface area contributed by atoms with Crippen LogP contribution in [0.25, 0.3) is 5.70 Å². The molecule has 0 saturated carbocycles. The van der Waals surface area contributed by atoms with Crippen molar-refractivity contribution in [3.05, 3.63) is 99.0 Å². The fourth-order valence-electron chi connectivity index (χ4n) is 3.99. The smallest absolute Gasteiger partial charge is 0.258 e. The number of rotatable bonds is 5. The first-order chi connectivity index (χ1) is 16.2. The van der Waals surface area contributed by atoms with Crippen LogP contribution in [0.4, 0.5) is 5.69 Å². The average Bonchev–Trinajstić information content (AvgIpc) is 2.78. The molecule has 0 bridgehead atoms. The van der Waals surface area contributed by atoms with Gasteiger partial charge in [0.1, 0.15) is 5.75 Å². The van der Waals surface area contributed by atoms with Crippen LogP contribution in [0.1, 0.15) is 45.7 Å².